The molecule has 16 heavy (non-hydrogen) atoms. The second kappa shape index (κ2) is 5.38. The number of nitrogens with zero attached hydrogens (tertiary/aromatic N) is 2. The lowest BCUT2D eigenvalue weighted by Gasteiger charge is -2.34. The van der Waals surface area contributed by atoms with Crippen molar-refractivity contribution in [2.75, 3.05) is 5.75 Å². The molecule has 4 unspecified atom stereocenters. The Morgan fingerprint density at radius 2 is 2.19 bits per heavy atom. The second-order valence-electron chi connectivity index (χ2n) is 4.07. The third-order valence-corrected chi connectivity index (χ3v) is 6.41. The molecular formula is C11H17N3S2. The highest BCUT2D eigenvalue weighted by molar-refractivity contribution is 8.07. The molecule has 2 heterocycles. The maximum Gasteiger partial charge on any atom is 0.0765 e. The zero-order valence-corrected chi connectivity index (χ0v) is 11.2. The Morgan fingerprint density at radius 3 is 2.81 bits per heavy atom. The van der Waals surface area contributed by atoms with Gasteiger partial charge in [0.15, 0.2) is 0 Å². The summed E-state index contributed by atoms with van der Waals surface area (Å²) in [7, 11) is 0. The molecule has 88 valence electrons. The monoisotopic (exact) mass is 255 g/mol. The zero-order valence-electron chi connectivity index (χ0n) is 9.54. The Hall–Kier alpha value is -0.260. The Labute approximate surface area is 105 Å². The summed E-state index contributed by atoms with van der Waals surface area (Å²) in [6.45, 7) is 4.56. The van der Waals surface area contributed by atoms with E-state index in [4.69, 9.17) is 5.73 Å². The highest BCUT2D eigenvalue weighted by atomic mass is 32.2. The maximum absolute atomic E-state index is 6.24. The van der Waals surface area contributed by atoms with Crippen LogP contribution in [0.5, 0.6) is 0 Å². The average molecular weight is 255 g/mol. The summed E-state index contributed by atoms with van der Waals surface area (Å²) < 4.78 is 0. The van der Waals surface area contributed by atoms with Gasteiger partial charge in [0.1, 0.15) is 0 Å². The van der Waals surface area contributed by atoms with E-state index < -0.39 is 0 Å². The van der Waals surface area contributed by atoms with Gasteiger partial charge in [-0.15, -0.1) is 0 Å². The molecular weight excluding hydrogens is 238 g/mol. The largest absolute Gasteiger partial charge is 0.322 e. The van der Waals surface area contributed by atoms with Crippen LogP contribution in [0, 0.1) is 0 Å². The molecule has 1 aromatic rings. The lowest BCUT2D eigenvalue weighted by atomic mass is 10.2. The van der Waals surface area contributed by atoms with Crippen LogP contribution >= 0.6 is 23.5 Å². The molecule has 0 saturated carbocycles. The SMILES string of the molecule is CC1SCC(C(N)c2cnccn2)SC1C. The molecule has 1 saturated heterocycles. The zero-order chi connectivity index (χ0) is 11.5. The van der Waals surface area contributed by atoms with Crippen LogP contribution in [0.25, 0.3) is 0 Å². The predicted molar refractivity (Wildman–Crippen MR) is 71.7 cm³/mol. The molecule has 5 heteroatoms. The summed E-state index contributed by atoms with van der Waals surface area (Å²) in [5, 5.41) is 1.83. The number of nitrogens with two attached hydrogens (primary N) is 1. The first kappa shape index (κ1) is 12.2. The van der Waals surface area contributed by atoms with Gasteiger partial charge in [-0.25, -0.2) is 0 Å². The van der Waals surface area contributed by atoms with Crippen LogP contribution in [-0.2, 0) is 0 Å². The number of thioether (sulfide) groups is 2. The molecule has 1 aromatic heterocycles. The van der Waals surface area contributed by atoms with Gasteiger partial charge in [0.25, 0.3) is 0 Å². The highest BCUT2D eigenvalue weighted by Crippen LogP contribution is 2.39. The van der Waals surface area contributed by atoms with Gasteiger partial charge >= 0.3 is 0 Å². The fourth-order valence-corrected chi connectivity index (χ4v) is 4.70. The first-order valence-electron chi connectivity index (χ1n) is 5.47. The Kier molecular flexibility index (Phi) is 4.10. The summed E-state index contributed by atoms with van der Waals surface area (Å²) in [4.78, 5) is 8.36. The van der Waals surface area contributed by atoms with Crippen molar-refractivity contribution >= 4 is 23.5 Å². The predicted octanol–water partition coefficient (Wildman–Crippen LogP) is 2.10. The van der Waals surface area contributed by atoms with E-state index in [0.717, 1.165) is 16.7 Å². The molecule has 1 aliphatic heterocycles. The van der Waals surface area contributed by atoms with Crippen LogP contribution in [0.1, 0.15) is 25.6 Å². The Bertz CT molecular complexity index is 333. The first-order chi connectivity index (χ1) is 7.68. The van der Waals surface area contributed by atoms with Crippen molar-refractivity contribution in [2.45, 2.75) is 35.6 Å². The molecule has 2 rings (SSSR count). The van der Waals surface area contributed by atoms with Crippen LogP contribution < -0.4 is 5.73 Å². The van der Waals surface area contributed by atoms with Gasteiger partial charge in [-0.05, 0) is 0 Å². The van der Waals surface area contributed by atoms with E-state index in [1.165, 1.54) is 0 Å². The Balaban J connectivity index is 2.03. The topological polar surface area (TPSA) is 51.8 Å². The number of rotatable bonds is 2. The van der Waals surface area contributed by atoms with E-state index >= 15 is 0 Å². The molecule has 3 nitrogen and oxygen atoms in total. The highest BCUT2D eigenvalue weighted by Gasteiger charge is 2.30. The average Bonchev–Trinajstić information content (AvgIpc) is 2.33. The summed E-state index contributed by atoms with van der Waals surface area (Å²) in [6.07, 6.45) is 5.17. The standard InChI is InChI=1S/C11H17N3S2/c1-7-8(2)16-10(6-15-7)11(12)9-5-13-3-4-14-9/h3-5,7-8,10-11H,6,12H2,1-2H3. The smallest absolute Gasteiger partial charge is 0.0765 e. The lowest BCUT2D eigenvalue weighted by molar-refractivity contribution is 0.681. The minimum atomic E-state index is 0.00106. The van der Waals surface area contributed by atoms with Gasteiger partial charge < -0.3 is 5.73 Å². The summed E-state index contributed by atoms with van der Waals surface area (Å²) in [5.41, 5.74) is 7.15. The van der Waals surface area contributed by atoms with Gasteiger partial charge in [-0.2, -0.15) is 23.5 Å². The summed E-state index contributed by atoms with van der Waals surface area (Å²) in [5.74, 6) is 1.11. The minimum Gasteiger partial charge on any atom is -0.322 e. The van der Waals surface area contributed by atoms with Crippen LogP contribution in [-0.4, -0.2) is 31.5 Å². The van der Waals surface area contributed by atoms with Gasteiger partial charge in [-0.1, -0.05) is 13.8 Å². The number of aromatic nitrogens is 2. The van der Waals surface area contributed by atoms with Crippen molar-refractivity contribution in [1.29, 1.82) is 0 Å². The van der Waals surface area contributed by atoms with Crippen LogP contribution in [0.15, 0.2) is 18.6 Å². The van der Waals surface area contributed by atoms with Gasteiger partial charge in [0.2, 0.25) is 0 Å². The first-order valence-corrected chi connectivity index (χ1v) is 7.46. The number of hydrogen-bond acceptors (Lipinski definition) is 5. The van der Waals surface area contributed by atoms with Crippen molar-refractivity contribution in [3.05, 3.63) is 24.3 Å². The summed E-state index contributed by atoms with van der Waals surface area (Å²) in [6, 6.07) is 0.00106. The van der Waals surface area contributed by atoms with Crippen LogP contribution in [0.2, 0.25) is 0 Å². The number of hydrogen-bond donors (Lipinski definition) is 1. The molecule has 1 fully saturated rings. The van der Waals surface area contributed by atoms with E-state index in [-0.39, 0.29) is 6.04 Å². The van der Waals surface area contributed by atoms with Crippen LogP contribution in [0.3, 0.4) is 0 Å². The van der Waals surface area contributed by atoms with Crippen molar-refractivity contribution < 1.29 is 0 Å². The molecule has 0 radical (unpaired) electrons. The van der Waals surface area contributed by atoms with E-state index in [9.17, 15) is 0 Å². The third-order valence-electron chi connectivity index (χ3n) is 2.90. The molecule has 4 atom stereocenters. The summed E-state index contributed by atoms with van der Waals surface area (Å²) >= 11 is 3.99. The molecule has 0 amide bonds. The Morgan fingerprint density at radius 1 is 1.38 bits per heavy atom. The molecule has 0 aliphatic carbocycles. The van der Waals surface area contributed by atoms with E-state index in [1.807, 2.05) is 23.5 Å². The van der Waals surface area contributed by atoms with Gasteiger partial charge in [0, 0.05) is 33.9 Å². The molecule has 0 spiro atoms. The molecule has 2 N–H and O–H groups in total. The maximum atomic E-state index is 6.24. The fraction of sp³-hybridized carbons (Fsp3) is 0.636. The van der Waals surface area contributed by atoms with Crippen molar-refractivity contribution in [1.82, 2.24) is 9.97 Å². The minimum absolute atomic E-state index is 0.00106. The van der Waals surface area contributed by atoms with Crippen LogP contribution in [0.4, 0.5) is 0 Å². The molecule has 0 aromatic carbocycles. The third kappa shape index (κ3) is 2.70. The fourth-order valence-electron chi connectivity index (χ4n) is 1.67. The van der Waals surface area contributed by atoms with Gasteiger partial charge in [-0.3, -0.25) is 9.97 Å². The van der Waals surface area contributed by atoms with Crippen molar-refractivity contribution in [3.8, 4) is 0 Å². The van der Waals surface area contributed by atoms with Gasteiger partial charge in [0.05, 0.1) is 17.9 Å². The van der Waals surface area contributed by atoms with Crippen molar-refractivity contribution in [3.63, 3.8) is 0 Å². The molecule has 0 bridgehead atoms. The van der Waals surface area contributed by atoms with E-state index in [1.54, 1.807) is 18.6 Å². The second-order valence-corrected chi connectivity index (χ2v) is 7.11. The normalized spacial score (nSPS) is 32.3. The van der Waals surface area contributed by atoms with E-state index in [2.05, 4.69) is 23.8 Å². The van der Waals surface area contributed by atoms with Crippen molar-refractivity contribution in [2.24, 2.45) is 5.73 Å². The van der Waals surface area contributed by atoms with E-state index in [0.29, 0.717) is 10.5 Å². The lowest BCUT2D eigenvalue weighted by Crippen LogP contribution is -2.34. The molecule has 1 aliphatic rings. The quantitative estimate of drug-likeness (QED) is 0.877.